The van der Waals surface area contributed by atoms with E-state index in [-0.39, 0.29) is 0 Å². The van der Waals surface area contributed by atoms with Crippen molar-refractivity contribution in [3.8, 4) is 22.3 Å². The molecule has 0 aliphatic rings. The number of benzene rings is 6. The van der Waals surface area contributed by atoms with Crippen LogP contribution in [0, 0.1) is 0 Å². The van der Waals surface area contributed by atoms with Gasteiger partial charge in [-0.2, -0.15) is 0 Å². The van der Waals surface area contributed by atoms with Crippen LogP contribution in [0.15, 0.2) is 152 Å². The maximum absolute atomic E-state index is 2.40. The average molecular weight is 515 g/mol. The third kappa shape index (κ3) is 4.24. The van der Waals surface area contributed by atoms with E-state index in [9.17, 15) is 0 Å². The number of nitrogens with zero attached hydrogens (tertiary/aromatic N) is 2. The summed E-state index contributed by atoms with van der Waals surface area (Å²) in [6.45, 7) is 3.16. The van der Waals surface area contributed by atoms with E-state index in [0.717, 1.165) is 23.6 Å². The molecule has 2 heteroatoms. The predicted molar refractivity (Wildman–Crippen MR) is 171 cm³/mol. The van der Waals surface area contributed by atoms with E-state index < -0.39 is 0 Å². The molecular formula is C38H30N2. The minimum Gasteiger partial charge on any atom is -0.341 e. The molecule has 0 N–H and O–H groups in total. The Bertz CT molecular complexity index is 1820. The quantitative estimate of drug-likeness (QED) is 0.214. The molecule has 6 aromatic carbocycles. The Morgan fingerprint density at radius 2 is 0.875 bits per heavy atom. The molecular weight excluding hydrogens is 484 g/mol. The molecule has 0 atom stereocenters. The highest BCUT2D eigenvalue weighted by molar-refractivity contribution is 6.09. The number of hydrogen-bond acceptors (Lipinski definition) is 1. The Labute approximate surface area is 235 Å². The van der Waals surface area contributed by atoms with Crippen LogP contribution in [0.25, 0.3) is 44.1 Å². The van der Waals surface area contributed by atoms with E-state index in [0.29, 0.717) is 0 Å². The molecule has 0 bridgehead atoms. The number of aromatic nitrogens is 1. The summed E-state index contributed by atoms with van der Waals surface area (Å²) in [6, 6.07) is 54.5. The van der Waals surface area contributed by atoms with Gasteiger partial charge in [-0.05, 0) is 77.7 Å². The topological polar surface area (TPSA) is 8.17 Å². The fourth-order valence-corrected chi connectivity index (χ4v) is 5.84. The Morgan fingerprint density at radius 3 is 1.43 bits per heavy atom. The van der Waals surface area contributed by atoms with Crippen LogP contribution < -0.4 is 4.90 Å². The summed E-state index contributed by atoms with van der Waals surface area (Å²) in [5.41, 5.74) is 10.8. The maximum atomic E-state index is 2.40. The van der Waals surface area contributed by atoms with Crippen LogP contribution in [0.2, 0.25) is 0 Å². The summed E-state index contributed by atoms with van der Waals surface area (Å²) in [6.07, 6.45) is 0. The Balaban J connectivity index is 1.37. The minimum atomic E-state index is 0.939. The van der Waals surface area contributed by atoms with Crippen molar-refractivity contribution in [3.05, 3.63) is 152 Å². The van der Waals surface area contributed by atoms with Gasteiger partial charge in [0, 0.05) is 45.4 Å². The summed E-state index contributed by atoms with van der Waals surface area (Å²) in [5.74, 6) is 0. The van der Waals surface area contributed by atoms with E-state index in [1.165, 1.54) is 44.1 Å². The van der Waals surface area contributed by atoms with Gasteiger partial charge in [0.2, 0.25) is 0 Å². The zero-order chi connectivity index (χ0) is 26.9. The van der Waals surface area contributed by atoms with Gasteiger partial charge in [0.15, 0.2) is 0 Å². The SMILES string of the molecule is CCn1c2ccccc2c2cc(N(c3ccc(-c4ccccc4)cc3)c3ccc(-c4ccccc4)cc3)ccc21. The second-order valence-corrected chi connectivity index (χ2v) is 10.1. The van der Waals surface area contributed by atoms with Gasteiger partial charge in [-0.3, -0.25) is 0 Å². The van der Waals surface area contributed by atoms with Gasteiger partial charge in [-0.1, -0.05) is 103 Å². The molecule has 0 spiro atoms. The number of aryl methyl sites for hydroxylation is 1. The van der Waals surface area contributed by atoms with Crippen molar-refractivity contribution >= 4 is 38.9 Å². The van der Waals surface area contributed by atoms with Gasteiger partial charge in [0.05, 0.1) is 0 Å². The first kappa shape index (κ1) is 24.0. The van der Waals surface area contributed by atoms with Crippen LogP contribution in [-0.4, -0.2) is 4.57 Å². The van der Waals surface area contributed by atoms with Crippen LogP contribution in [0.3, 0.4) is 0 Å². The molecule has 0 radical (unpaired) electrons. The molecule has 0 fully saturated rings. The van der Waals surface area contributed by atoms with Crippen molar-refractivity contribution < 1.29 is 0 Å². The summed E-state index contributed by atoms with van der Waals surface area (Å²) < 4.78 is 2.40. The highest BCUT2D eigenvalue weighted by Gasteiger charge is 2.16. The van der Waals surface area contributed by atoms with E-state index in [1.54, 1.807) is 0 Å². The molecule has 0 saturated heterocycles. The molecule has 0 unspecified atom stereocenters. The Kier molecular flexibility index (Phi) is 6.14. The number of para-hydroxylation sites is 1. The number of fused-ring (bicyclic) bond motifs is 3. The lowest BCUT2D eigenvalue weighted by molar-refractivity contribution is 0.827. The van der Waals surface area contributed by atoms with Crippen LogP contribution in [0.1, 0.15) is 6.92 Å². The first-order valence-corrected chi connectivity index (χ1v) is 13.9. The number of hydrogen-bond donors (Lipinski definition) is 0. The smallest absolute Gasteiger partial charge is 0.0492 e. The van der Waals surface area contributed by atoms with Crippen LogP contribution in [0.4, 0.5) is 17.1 Å². The zero-order valence-corrected chi connectivity index (χ0v) is 22.5. The molecule has 0 aliphatic carbocycles. The molecule has 2 nitrogen and oxygen atoms in total. The second kappa shape index (κ2) is 10.2. The maximum Gasteiger partial charge on any atom is 0.0492 e. The average Bonchev–Trinajstić information content (AvgIpc) is 3.36. The van der Waals surface area contributed by atoms with Crippen molar-refractivity contribution in [3.63, 3.8) is 0 Å². The van der Waals surface area contributed by atoms with E-state index >= 15 is 0 Å². The van der Waals surface area contributed by atoms with E-state index in [2.05, 4.69) is 168 Å². The lowest BCUT2D eigenvalue weighted by atomic mass is 10.0. The van der Waals surface area contributed by atoms with Crippen molar-refractivity contribution in [1.29, 1.82) is 0 Å². The van der Waals surface area contributed by atoms with Gasteiger partial charge >= 0.3 is 0 Å². The lowest BCUT2D eigenvalue weighted by Crippen LogP contribution is -2.10. The second-order valence-electron chi connectivity index (χ2n) is 10.1. The Hall–Kier alpha value is -5.08. The normalized spacial score (nSPS) is 11.2. The lowest BCUT2D eigenvalue weighted by Gasteiger charge is -2.26. The molecule has 7 rings (SSSR count). The fraction of sp³-hybridized carbons (Fsp3) is 0.0526. The third-order valence-corrected chi connectivity index (χ3v) is 7.80. The molecule has 1 aromatic heterocycles. The molecule has 1 heterocycles. The van der Waals surface area contributed by atoms with Crippen molar-refractivity contribution in [2.24, 2.45) is 0 Å². The predicted octanol–water partition coefficient (Wildman–Crippen LogP) is 10.6. The fourth-order valence-electron chi connectivity index (χ4n) is 5.84. The Morgan fingerprint density at radius 1 is 0.425 bits per heavy atom. The molecule has 192 valence electrons. The van der Waals surface area contributed by atoms with Crippen LogP contribution in [0.5, 0.6) is 0 Å². The highest BCUT2D eigenvalue weighted by Crippen LogP contribution is 2.39. The molecule has 0 saturated carbocycles. The van der Waals surface area contributed by atoms with Crippen molar-refractivity contribution in [2.75, 3.05) is 4.90 Å². The van der Waals surface area contributed by atoms with E-state index in [1.807, 2.05) is 0 Å². The van der Waals surface area contributed by atoms with Gasteiger partial charge in [-0.25, -0.2) is 0 Å². The third-order valence-electron chi connectivity index (χ3n) is 7.80. The molecule has 0 aliphatic heterocycles. The van der Waals surface area contributed by atoms with Crippen LogP contribution >= 0.6 is 0 Å². The number of rotatable bonds is 6. The highest BCUT2D eigenvalue weighted by atomic mass is 15.1. The molecule has 7 aromatic rings. The summed E-state index contributed by atoms with van der Waals surface area (Å²) in [7, 11) is 0. The monoisotopic (exact) mass is 514 g/mol. The zero-order valence-electron chi connectivity index (χ0n) is 22.5. The summed E-state index contributed by atoms with van der Waals surface area (Å²) in [4.78, 5) is 2.36. The minimum absolute atomic E-state index is 0.939. The summed E-state index contributed by atoms with van der Waals surface area (Å²) >= 11 is 0. The number of anilines is 3. The molecule has 40 heavy (non-hydrogen) atoms. The first-order chi connectivity index (χ1) is 19.8. The van der Waals surface area contributed by atoms with Gasteiger partial charge in [-0.15, -0.1) is 0 Å². The van der Waals surface area contributed by atoms with Crippen molar-refractivity contribution in [1.82, 2.24) is 4.57 Å². The van der Waals surface area contributed by atoms with E-state index in [4.69, 9.17) is 0 Å². The summed E-state index contributed by atoms with van der Waals surface area (Å²) in [5, 5.41) is 2.57. The first-order valence-electron chi connectivity index (χ1n) is 13.9. The van der Waals surface area contributed by atoms with Gasteiger partial charge in [0.25, 0.3) is 0 Å². The van der Waals surface area contributed by atoms with Gasteiger partial charge in [0.1, 0.15) is 0 Å². The molecule has 0 amide bonds. The standard InChI is InChI=1S/C38H30N2/c1-2-39-37-16-10-9-15-35(37)36-27-34(25-26-38(36)39)40(32-21-17-30(18-22-32)28-11-5-3-6-12-28)33-23-19-31(20-24-33)29-13-7-4-8-14-29/h3-27H,2H2,1H3. The largest absolute Gasteiger partial charge is 0.341 e. The van der Waals surface area contributed by atoms with Gasteiger partial charge < -0.3 is 9.47 Å². The van der Waals surface area contributed by atoms with Crippen LogP contribution in [-0.2, 0) is 6.54 Å². The van der Waals surface area contributed by atoms with Crippen molar-refractivity contribution in [2.45, 2.75) is 13.5 Å².